The number of hydrogen-bond acceptors (Lipinski definition) is 6. The highest BCUT2D eigenvalue weighted by atomic mass is 16.5. The molecule has 0 bridgehead atoms. The molecule has 1 aliphatic rings. The molecule has 0 saturated heterocycles. The second-order valence-electron chi connectivity index (χ2n) is 8.13. The second-order valence-corrected chi connectivity index (χ2v) is 8.13. The molecule has 0 aliphatic carbocycles. The van der Waals surface area contributed by atoms with E-state index in [1.54, 1.807) is 6.92 Å². The summed E-state index contributed by atoms with van der Waals surface area (Å²) in [5.41, 5.74) is 13.7. The van der Waals surface area contributed by atoms with Gasteiger partial charge in [-0.2, -0.15) is 0 Å². The number of nitrogens with one attached hydrogen (secondary N) is 1. The van der Waals surface area contributed by atoms with E-state index in [1.807, 2.05) is 35.9 Å². The number of ether oxygens (including phenoxy) is 1. The van der Waals surface area contributed by atoms with Crippen LogP contribution < -0.4 is 15.8 Å². The first-order valence-corrected chi connectivity index (χ1v) is 10.5. The maximum absolute atomic E-state index is 10.1. The molecule has 1 unspecified atom stereocenters. The summed E-state index contributed by atoms with van der Waals surface area (Å²) in [5, 5.41) is 13.9. The lowest BCUT2D eigenvalue weighted by molar-refractivity contribution is 0.240. The summed E-state index contributed by atoms with van der Waals surface area (Å²) in [6.45, 7) is 6.26. The Labute approximate surface area is 186 Å². The van der Waals surface area contributed by atoms with Crippen molar-refractivity contribution < 1.29 is 9.84 Å². The van der Waals surface area contributed by atoms with Crippen LogP contribution in [0.1, 0.15) is 12.5 Å². The predicted molar refractivity (Wildman–Crippen MR) is 127 cm³/mol. The van der Waals surface area contributed by atoms with Gasteiger partial charge in [0, 0.05) is 24.7 Å². The third-order valence-corrected chi connectivity index (χ3v) is 5.91. The molecule has 162 valence electrons. The molecule has 0 amide bonds. The Morgan fingerprint density at radius 2 is 1.94 bits per heavy atom. The highest BCUT2D eigenvalue weighted by Gasteiger charge is 2.23. The van der Waals surface area contributed by atoms with Crippen molar-refractivity contribution in [3.05, 3.63) is 66.5 Å². The molecule has 5 rings (SSSR count). The summed E-state index contributed by atoms with van der Waals surface area (Å²) in [4.78, 5) is 8.76. The molecular formula is C25H25N5O2. The van der Waals surface area contributed by atoms with Gasteiger partial charge in [-0.3, -0.25) is 0 Å². The van der Waals surface area contributed by atoms with E-state index in [4.69, 9.17) is 10.5 Å². The molecule has 7 nitrogen and oxygen atoms in total. The number of aliphatic hydroxyl groups excluding tert-OH is 1. The van der Waals surface area contributed by atoms with Crippen LogP contribution in [0.4, 0.5) is 11.5 Å². The van der Waals surface area contributed by atoms with E-state index in [2.05, 4.69) is 40.1 Å². The van der Waals surface area contributed by atoms with Crippen molar-refractivity contribution in [3.63, 3.8) is 0 Å². The number of aryl methyl sites for hydroxylation is 1. The molecular weight excluding hydrogens is 402 g/mol. The van der Waals surface area contributed by atoms with Gasteiger partial charge in [0.15, 0.2) is 0 Å². The fourth-order valence-electron chi connectivity index (χ4n) is 4.22. The molecule has 0 spiro atoms. The van der Waals surface area contributed by atoms with E-state index in [0.29, 0.717) is 18.0 Å². The molecule has 1 aliphatic heterocycles. The van der Waals surface area contributed by atoms with Gasteiger partial charge in [-0.1, -0.05) is 30.8 Å². The Morgan fingerprint density at radius 3 is 2.69 bits per heavy atom. The first-order valence-electron chi connectivity index (χ1n) is 10.5. The molecule has 0 radical (unpaired) electrons. The average molecular weight is 428 g/mol. The van der Waals surface area contributed by atoms with Crippen molar-refractivity contribution in [2.24, 2.45) is 7.05 Å². The summed E-state index contributed by atoms with van der Waals surface area (Å²) in [7, 11) is 1.98. The van der Waals surface area contributed by atoms with Gasteiger partial charge in [0.05, 0.1) is 17.7 Å². The van der Waals surface area contributed by atoms with Crippen LogP contribution in [0.25, 0.3) is 33.4 Å². The van der Waals surface area contributed by atoms with Gasteiger partial charge < -0.3 is 25.5 Å². The first kappa shape index (κ1) is 20.1. The summed E-state index contributed by atoms with van der Waals surface area (Å²) < 4.78 is 7.86. The largest absolute Gasteiger partial charge is 0.493 e. The molecule has 4 aromatic rings. The lowest BCUT2D eigenvalue weighted by Crippen LogP contribution is -2.19. The Morgan fingerprint density at radius 1 is 1.19 bits per heavy atom. The van der Waals surface area contributed by atoms with Crippen LogP contribution in [0, 0.1) is 0 Å². The van der Waals surface area contributed by atoms with Crippen LogP contribution in [0.2, 0.25) is 0 Å². The van der Waals surface area contributed by atoms with Crippen LogP contribution in [-0.4, -0.2) is 32.5 Å². The molecule has 1 atom stereocenters. The molecule has 3 heterocycles. The number of anilines is 2. The van der Waals surface area contributed by atoms with Crippen LogP contribution in [0.15, 0.2) is 60.9 Å². The van der Waals surface area contributed by atoms with E-state index in [1.165, 1.54) is 11.9 Å². The number of aromatic nitrogens is 3. The smallest absolute Gasteiger partial charge is 0.146 e. The first-order chi connectivity index (χ1) is 15.4. The van der Waals surface area contributed by atoms with Gasteiger partial charge in [-0.25, -0.2) is 9.97 Å². The van der Waals surface area contributed by atoms with Crippen LogP contribution in [0.3, 0.4) is 0 Å². The number of hydrogen-bond donors (Lipinski definition) is 3. The predicted octanol–water partition coefficient (Wildman–Crippen LogP) is 4.13. The van der Waals surface area contributed by atoms with E-state index in [0.717, 1.165) is 51.3 Å². The number of nitrogens with zero attached hydrogens (tertiary/aromatic N) is 3. The number of aliphatic hydroxyl groups is 1. The van der Waals surface area contributed by atoms with E-state index in [9.17, 15) is 5.11 Å². The van der Waals surface area contributed by atoms with Gasteiger partial charge >= 0.3 is 0 Å². The van der Waals surface area contributed by atoms with Gasteiger partial charge in [0.2, 0.25) is 0 Å². The van der Waals surface area contributed by atoms with Crippen LogP contribution in [0.5, 0.6) is 5.75 Å². The summed E-state index contributed by atoms with van der Waals surface area (Å²) in [6.07, 6.45) is 1.62. The number of benzene rings is 2. The number of fused-ring (bicyclic) bond motifs is 2. The SMILES string of the molecule is C=C(C)C(O)Nc1ccc(-c2c(-c3ccc4c(c3)OCC4)c3c(N)ncnc3n2C)cc1. The zero-order chi connectivity index (χ0) is 22.4. The third kappa shape index (κ3) is 3.27. The number of nitrogen functional groups attached to an aromatic ring is 1. The molecule has 0 fully saturated rings. The summed E-state index contributed by atoms with van der Waals surface area (Å²) in [6, 6.07) is 14.2. The highest BCUT2D eigenvalue weighted by Crippen LogP contribution is 2.43. The Kier molecular flexibility index (Phi) is 4.83. The minimum atomic E-state index is -0.796. The highest BCUT2D eigenvalue weighted by molar-refractivity contribution is 6.07. The quantitative estimate of drug-likeness (QED) is 0.327. The maximum atomic E-state index is 10.1. The summed E-state index contributed by atoms with van der Waals surface area (Å²) >= 11 is 0. The van der Waals surface area contributed by atoms with Crippen molar-refractivity contribution >= 4 is 22.5 Å². The van der Waals surface area contributed by atoms with Gasteiger partial charge in [0.1, 0.15) is 29.8 Å². The Bertz CT molecular complexity index is 1340. The van der Waals surface area contributed by atoms with Gasteiger partial charge in [-0.05, 0) is 47.4 Å². The van der Waals surface area contributed by atoms with Crippen molar-refractivity contribution in [2.45, 2.75) is 19.6 Å². The van der Waals surface area contributed by atoms with Crippen molar-refractivity contribution in [1.82, 2.24) is 14.5 Å². The Balaban J connectivity index is 1.68. The Hall–Kier alpha value is -3.84. The number of rotatable bonds is 5. The molecule has 4 N–H and O–H groups in total. The topological polar surface area (TPSA) is 98.2 Å². The molecule has 32 heavy (non-hydrogen) atoms. The zero-order valence-corrected chi connectivity index (χ0v) is 18.1. The average Bonchev–Trinajstić information content (AvgIpc) is 3.37. The van der Waals surface area contributed by atoms with E-state index >= 15 is 0 Å². The lowest BCUT2D eigenvalue weighted by Gasteiger charge is -2.15. The van der Waals surface area contributed by atoms with Crippen molar-refractivity contribution in [1.29, 1.82) is 0 Å². The van der Waals surface area contributed by atoms with Crippen LogP contribution >= 0.6 is 0 Å². The molecule has 0 saturated carbocycles. The third-order valence-electron chi connectivity index (χ3n) is 5.91. The fourth-order valence-corrected chi connectivity index (χ4v) is 4.22. The van der Waals surface area contributed by atoms with E-state index in [-0.39, 0.29) is 0 Å². The standard InChI is InChI=1S/C25H25N5O2/c1-14(2)25(31)29-18-8-6-16(7-9-18)22-20(17-5-4-15-10-11-32-19(15)12-17)21-23(26)27-13-28-24(21)30(22)3/h4-9,12-13,25,29,31H,1,10-11H2,2-3H3,(H2,26,27,28). The van der Waals surface area contributed by atoms with Gasteiger partial charge in [0.25, 0.3) is 0 Å². The maximum Gasteiger partial charge on any atom is 0.146 e. The minimum absolute atomic E-state index is 0.441. The molecule has 7 heteroatoms. The number of nitrogens with two attached hydrogens (primary N) is 1. The normalized spacial score (nSPS) is 13.6. The van der Waals surface area contributed by atoms with Crippen molar-refractivity contribution in [2.75, 3.05) is 17.7 Å². The van der Waals surface area contributed by atoms with Crippen LogP contribution in [-0.2, 0) is 13.5 Å². The summed E-state index contributed by atoms with van der Waals surface area (Å²) in [5.74, 6) is 1.35. The molecule has 2 aromatic carbocycles. The fraction of sp³-hybridized carbons (Fsp3) is 0.200. The minimum Gasteiger partial charge on any atom is -0.493 e. The van der Waals surface area contributed by atoms with Crippen molar-refractivity contribution in [3.8, 4) is 28.1 Å². The monoisotopic (exact) mass is 427 g/mol. The second kappa shape index (κ2) is 7.69. The molecule has 2 aromatic heterocycles. The lowest BCUT2D eigenvalue weighted by atomic mass is 9.97. The zero-order valence-electron chi connectivity index (χ0n) is 18.1. The van der Waals surface area contributed by atoms with E-state index < -0.39 is 6.23 Å². The van der Waals surface area contributed by atoms with Gasteiger partial charge in [-0.15, -0.1) is 0 Å².